The summed E-state index contributed by atoms with van der Waals surface area (Å²) in [5.74, 6) is -0.802. The molecule has 10 nitrogen and oxygen atoms in total. The maximum absolute atomic E-state index is 13.5. The van der Waals surface area contributed by atoms with Crippen LogP contribution in [0, 0.1) is 0 Å². The number of carbonyl (C=O) groups is 1. The highest BCUT2D eigenvalue weighted by atomic mass is 16.8. The van der Waals surface area contributed by atoms with Gasteiger partial charge in [0, 0.05) is 26.4 Å². The summed E-state index contributed by atoms with van der Waals surface area (Å²) in [6.07, 6.45) is 25.2. The van der Waals surface area contributed by atoms with Crippen LogP contribution in [-0.4, -0.2) is 99.3 Å². The molecule has 348 valence electrons. The molecule has 0 aliphatic carbocycles. The van der Waals surface area contributed by atoms with Crippen molar-refractivity contribution in [2.75, 3.05) is 33.0 Å². The zero-order valence-electron chi connectivity index (χ0n) is 39.8. The lowest BCUT2D eigenvalue weighted by atomic mass is 9.92. The SMILES string of the molecule is CCCCCCCCCCCCCC[C@H]1OC(C)(C)O[C@H]1[C@H](/C=C/[C@H]1OC(COCCCC)[C@H](OCCCC)C(OCCCC)C1OCCCC)NC(=O)OC(C)(C)C. The van der Waals surface area contributed by atoms with Gasteiger partial charge in [0.05, 0.1) is 18.8 Å². The van der Waals surface area contributed by atoms with Gasteiger partial charge >= 0.3 is 6.09 Å². The third-order valence-electron chi connectivity index (χ3n) is 11.1. The maximum Gasteiger partial charge on any atom is 0.408 e. The fraction of sp³-hybridized carbons (Fsp3) is 0.939. The van der Waals surface area contributed by atoms with Crippen molar-refractivity contribution in [2.24, 2.45) is 0 Å². The van der Waals surface area contributed by atoms with Gasteiger partial charge in [0.25, 0.3) is 0 Å². The van der Waals surface area contributed by atoms with E-state index in [1.54, 1.807) is 0 Å². The molecule has 2 aliphatic rings. The highest BCUT2D eigenvalue weighted by Gasteiger charge is 2.49. The monoisotopic (exact) mass is 840 g/mol. The van der Waals surface area contributed by atoms with Crippen molar-refractivity contribution in [2.45, 2.75) is 264 Å². The zero-order valence-corrected chi connectivity index (χ0v) is 39.8. The van der Waals surface area contributed by atoms with Crippen molar-refractivity contribution in [3.8, 4) is 0 Å². The largest absolute Gasteiger partial charge is 0.444 e. The predicted molar refractivity (Wildman–Crippen MR) is 240 cm³/mol. The molecule has 2 heterocycles. The van der Waals surface area contributed by atoms with Crippen LogP contribution in [-0.2, 0) is 37.9 Å². The molecule has 1 amide bonds. The van der Waals surface area contributed by atoms with Crippen LogP contribution < -0.4 is 5.32 Å². The van der Waals surface area contributed by atoms with Crippen LogP contribution in [0.15, 0.2) is 12.2 Å². The third kappa shape index (κ3) is 23.1. The molecule has 2 saturated heterocycles. The minimum atomic E-state index is -0.802. The number of ether oxygens (including phenoxy) is 8. The van der Waals surface area contributed by atoms with Gasteiger partial charge in [-0.3, -0.25) is 0 Å². The molecule has 2 aliphatic heterocycles. The summed E-state index contributed by atoms with van der Waals surface area (Å²) < 4.78 is 52.2. The number of amides is 1. The standard InChI is InChI=1S/C49H93NO9/c1-11-16-21-22-23-24-25-26-27-28-29-30-31-41-43(58-49(9,10)57-41)39(50-47(51)59-48(6,7)8)32-33-40-44(53-35-18-13-3)46(55-37-20-15-5)45(54-36-19-14-4)42(56-40)38-52-34-17-12-2/h32-33,39-46H,11-31,34-38H2,1-10H3,(H,50,51)/b33-32+/t39-,40+,41+,42?,43-,44?,45-,46?/m0/s1. The number of hydrogen-bond donors (Lipinski definition) is 1. The van der Waals surface area contributed by atoms with Crippen LogP contribution in [0.1, 0.15) is 204 Å². The molecular formula is C49H93NO9. The second-order valence-corrected chi connectivity index (χ2v) is 18.5. The Balaban J connectivity index is 2.36. The van der Waals surface area contributed by atoms with E-state index in [2.05, 4.69) is 39.9 Å². The molecule has 3 unspecified atom stereocenters. The van der Waals surface area contributed by atoms with Crippen LogP contribution in [0.3, 0.4) is 0 Å². The molecule has 0 saturated carbocycles. The van der Waals surface area contributed by atoms with E-state index in [9.17, 15) is 4.79 Å². The maximum atomic E-state index is 13.5. The molecule has 1 N–H and O–H groups in total. The number of carbonyl (C=O) groups excluding carboxylic acids is 1. The number of nitrogens with one attached hydrogen (secondary N) is 1. The van der Waals surface area contributed by atoms with Gasteiger partial charge in [-0.1, -0.05) is 150 Å². The fourth-order valence-electron chi connectivity index (χ4n) is 7.84. The Morgan fingerprint density at radius 3 is 1.66 bits per heavy atom. The summed E-state index contributed by atoms with van der Waals surface area (Å²) in [5.41, 5.74) is -0.662. The Bertz CT molecular complexity index is 1060. The number of alkyl carbamates (subject to hydrolysis) is 1. The van der Waals surface area contributed by atoms with Gasteiger partial charge in [-0.2, -0.15) is 0 Å². The van der Waals surface area contributed by atoms with Crippen molar-refractivity contribution in [1.82, 2.24) is 5.32 Å². The van der Waals surface area contributed by atoms with Crippen molar-refractivity contribution in [3.63, 3.8) is 0 Å². The summed E-state index contributed by atoms with van der Waals surface area (Å²) in [6, 6.07) is -0.550. The molecule has 59 heavy (non-hydrogen) atoms. The van der Waals surface area contributed by atoms with Gasteiger partial charge in [0.15, 0.2) is 5.79 Å². The fourth-order valence-corrected chi connectivity index (χ4v) is 7.84. The third-order valence-corrected chi connectivity index (χ3v) is 11.1. The first-order valence-electron chi connectivity index (χ1n) is 24.5. The summed E-state index contributed by atoms with van der Waals surface area (Å²) in [5, 5.41) is 3.16. The Kier molecular flexibility index (Phi) is 28.8. The first-order chi connectivity index (χ1) is 28.4. The summed E-state index contributed by atoms with van der Waals surface area (Å²) in [7, 11) is 0. The zero-order chi connectivity index (χ0) is 43.4. The average molecular weight is 840 g/mol. The van der Waals surface area contributed by atoms with Crippen molar-refractivity contribution in [3.05, 3.63) is 12.2 Å². The van der Waals surface area contributed by atoms with Crippen molar-refractivity contribution < 1.29 is 42.7 Å². The normalized spacial score (nSPS) is 25.2. The number of hydrogen-bond acceptors (Lipinski definition) is 9. The Morgan fingerprint density at radius 1 is 0.627 bits per heavy atom. The van der Waals surface area contributed by atoms with E-state index >= 15 is 0 Å². The molecule has 0 spiro atoms. The van der Waals surface area contributed by atoms with E-state index in [1.807, 2.05) is 46.8 Å². The van der Waals surface area contributed by atoms with Gasteiger partial charge in [0.2, 0.25) is 0 Å². The van der Waals surface area contributed by atoms with E-state index in [0.29, 0.717) is 33.0 Å². The molecule has 0 aromatic carbocycles. The lowest BCUT2D eigenvalue weighted by molar-refractivity contribution is -0.256. The first kappa shape index (κ1) is 53.9. The lowest BCUT2D eigenvalue weighted by Crippen LogP contribution is -2.61. The second-order valence-electron chi connectivity index (χ2n) is 18.5. The van der Waals surface area contributed by atoms with Crippen molar-refractivity contribution >= 4 is 6.09 Å². The van der Waals surface area contributed by atoms with E-state index in [1.165, 1.54) is 64.2 Å². The minimum Gasteiger partial charge on any atom is -0.444 e. The smallest absolute Gasteiger partial charge is 0.408 e. The van der Waals surface area contributed by atoms with Crippen LogP contribution in [0.5, 0.6) is 0 Å². The molecule has 8 atom stereocenters. The minimum absolute atomic E-state index is 0.206. The molecule has 0 radical (unpaired) electrons. The van der Waals surface area contributed by atoms with E-state index < -0.39 is 41.8 Å². The molecule has 0 aromatic rings. The topological polar surface area (TPSA) is 103 Å². The molecule has 10 heteroatoms. The van der Waals surface area contributed by atoms with Gasteiger partial charge in [0.1, 0.15) is 42.2 Å². The summed E-state index contributed by atoms with van der Waals surface area (Å²) in [6.45, 7) is 23.3. The van der Waals surface area contributed by atoms with Crippen LogP contribution in [0.2, 0.25) is 0 Å². The van der Waals surface area contributed by atoms with E-state index in [-0.39, 0.29) is 24.4 Å². The number of rotatable bonds is 34. The Labute approximate surface area is 362 Å². The quantitative estimate of drug-likeness (QED) is 0.0501. The predicted octanol–water partition coefficient (Wildman–Crippen LogP) is 12.2. The molecule has 0 aromatic heterocycles. The lowest BCUT2D eigenvalue weighted by Gasteiger charge is -2.45. The Morgan fingerprint density at radius 2 is 1.12 bits per heavy atom. The van der Waals surface area contributed by atoms with Crippen LogP contribution >= 0.6 is 0 Å². The van der Waals surface area contributed by atoms with Crippen LogP contribution in [0.25, 0.3) is 0 Å². The van der Waals surface area contributed by atoms with Gasteiger partial charge < -0.3 is 43.2 Å². The number of unbranched alkanes of at least 4 members (excludes halogenated alkanes) is 15. The molecule has 2 fully saturated rings. The molecule has 2 rings (SSSR count). The molecule has 0 bridgehead atoms. The second kappa shape index (κ2) is 31.6. The highest BCUT2D eigenvalue weighted by molar-refractivity contribution is 5.68. The molecular weight excluding hydrogens is 747 g/mol. The van der Waals surface area contributed by atoms with Crippen LogP contribution in [0.4, 0.5) is 4.79 Å². The first-order valence-corrected chi connectivity index (χ1v) is 24.5. The Hall–Kier alpha value is -1.27. The van der Waals surface area contributed by atoms with Gasteiger partial charge in [-0.15, -0.1) is 0 Å². The van der Waals surface area contributed by atoms with E-state index in [4.69, 9.17) is 37.9 Å². The summed E-state index contributed by atoms with van der Waals surface area (Å²) >= 11 is 0. The summed E-state index contributed by atoms with van der Waals surface area (Å²) in [4.78, 5) is 13.5. The average Bonchev–Trinajstić information content (AvgIpc) is 3.49. The van der Waals surface area contributed by atoms with Crippen molar-refractivity contribution in [1.29, 1.82) is 0 Å². The van der Waals surface area contributed by atoms with E-state index in [0.717, 1.165) is 70.6 Å². The highest BCUT2D eigenvalue weighted by Crippen LogP contribution is 2.35. The van der Waals surface area contributed by atoms with Gasteiger partial charge in [-0.05, 0) is 66.7 Å². The van der Waals surface area contributed by atoms with Gasteiger partial charge in [-0.25, -0.2) is 4.79 Å².